The van der Waals surface area contributed by atoms with E-state index >= 15 is 0 Å². The molecule has 92 valence electrons. The normalized spacial score (nSPS) is 14.7. The number of hydrogen-bond acceptors (Lipinski definition) is 2. The monoisotopic (exact) mass is 296 g/mol. The van der Waals surface area contributed by atoms with Gasteiger partial charge in [-0.3, -0.25) is 4.79 Å². The van der Waals surface area contributed by atoms with Gasteiger partial charge in [-0.25, -0.2) is 0 Å². The number of benzene rings is 1. The van der Waals surface area contributed by atoms with Crippen LogP contribution in [0.2, 0.25) is 0 Å². The zero-order chi connectivity index (χ0) is 12.4. The highest BCUT2D eigenvalue weighted by atomic mass is 79.9. The molecule has 2 N–H and O–H groups in total. The predicted octanol–water partition coefficient (Wildman–Crippen LogP) is 3.05. The van der Waals surface area contributed by atoms with E-state index in [4.69, 9.17) is 5.73 Å². The van der Waals surface area contributed by atoms with E-state index in [0.717, 1.165) is 30.3 Å². The van der Waals surface area contributed by atoms with Crippen molar-refractivity contribution in [2.45, 2.75) is 32.2 Å². The second kappa shape index (κ2) is 5.08. The third-order valence-corrected chi connectivity index (χ3v) is 3.34. The number of carbonyl (C=O) groups excluding carboxylic acids is 1. The number of nitrogens with two attached hydrogens (primary N) is 1. The van der Waals surface area contributed by atoms with E-state index in [9.17, 15) is 4.79 Å². The molecule has 3 nitrogen and oxygen atoms in total. The number of hydrogen-bond donors (Lipinski definition) is 1. The van der Waals surface area contributed by atoms with Crippen LogP contribution in [-0.2, 0) is 0 Å². The summed E-state index contributed by atoms with van der Waals surface area (Å²) in [4.78, 5) is 14.3. The van der Waals surface area contributed by atoms with Crippen LogP contribution in [-0.4, -0.2) is 23.4 Å². The van der Waals surface area contributed by atoms with Gasteiger partial charge in [0.25, 0.3) is 5.91 Å². The minimum absolute atomic E-state index is 0.0994. The van der Waals surface area contributed by atoms with Gasteiger partial charge in [-0.05, 0) is 37.5 Å². The molecule has 4 heteroatoms. The van der Waals surface area contributed by atoms with Crippen molar-refractivity contribution < 1.29 is 4.79 Å². The van der Waals surface area contributed by atoms with Crippen LogP contribution in [0.15, 0.2) is 22.7 Å². The fraction of sp³-hybridized carbons (Fsp3) is 0.462. The number of halogens is 1. The lowest BCUT2D eigenvalue weighted by atomic mass is 10.1. The first-order valence-electron chi connectivity index (χ1n) is 5.99. The maximum atomic E-state index is 12.4. The minimum atomic E-state index is 0.0994. The van der Waals surface area contributed by atoms with Crippen LogP contribution in [0, 0.1) is 0 Å². The van der Waals surface area contributed by atoms with Gasteiger partial charge in [0.1, 0.15) is 0 Å². The summed E-state index contributed by atoms with van der Waals surface area (Å²) < 4.78 is 0.855. The average Bonchev–Trinajstić information content (AvgIpc) is 3.07. The van der Waals surface area contributed by atoms with Gasteiger partial charge in [0, 0.05) is 28.3 Å². The van der Waals surface area contributed by atoms with Crippen molar-refractivity contribution in [3.05, 3.63) is 28.2 Å². The number of anilines is 1. The molecule has 0 aromatic heterocycles. The molecule has 1 saturated carbocycles. The van der Waals surface area contributed by atoms with Gasteiger partial charge in [0.15, 0.2) is 0 Å². The van der Waals surface area contributed by atoms with Crippen LogP contribution in [0.3, 0.4) is 0 Å². The Morgan fingerprint density at radius 2 is 2.18 bits per heavy atom. The molecule has 1 fully saturated rings. The molecule has 0 spiro atoms. The van der Waals surface area contributed by atoms with Gasteiger partial charge < -0.3 is 10.6 Å². The SMILES string of the molecule is CCCN(C(=O)c1cc(N)cc(Br)c1)C1CC1. The first-order chi connectivity index (χ1) is 8.11. The maximum Gasteiger partial charge on any atom is 0.254 e. The molecule has 0 unspecified atom stereocenters. The molecule has 2 rings (SSSR count). The lowest BCUT2D eigenvalue weighted by Crippen LogP contribution is -2.33. The molecule has 1 aromatic carbocycles. The van der Waals surface area contributed by atoms with E-state index in [-0.39, 0.29) is 5.91 Å². The molecule has 0 saturated heterocycles. The van der Waals surface area contributed by atoms with Crippen molar-refractivity contribution in [1.82, 2.24) is 4.90 Å². The predicted molar refractivity (Wildman–Crippen MR) is 72.9 cm³/mol. The summed E-state index contributed by atoms with van der Waals surface area (Å²) in [6.45, 7) is 2.92. The topological polar surface area (TPSA) is 46.3 Å². The summed E-state index contributed by atoms with van der Waals surface area (Å²) in [5.74, 6) is 0.0994. The molecule has 0 aliphatic heterocycles. The molecule has 0 atom stereocenters. The van der Waals surface area contributed by atoms with E-state index in [0.29, 0.717) is 17.3 Å². The first kappa shape index (κ1) is 12.4. The van der Waals surface area contributed by atoms with E-state index in [2.05, 4.69) is 22.9 Å². The highest BCUT2D eigenvalue weighted by Gasteiger charge is 2.32. The van der Waals surface area contributed by atoms with E-state index in [1.54, 1.807) is 12.1 Å². The summed E-state index contributed by atoms with van der Waals surface area (Å²) in [5, 5.41) is 0. The fourth-order valence-electron chi connectivity index (χ4n) is 1.98. The van der Waals surface area contributed by atoms with Crippen molar-refractivity contribution in [3.8, 4) is 0 Å². The van der Waals surface area contributed by atoms with Crippen LogP contribution in [0.5, 0.6) is 0 Å². The maximum absolute atomic E-state index is 12.4. The second-order valence-corrected chi connectivity index (χ2v) is 5.42. The molecular formula is C13H17BrN2O. The summed E-state index contributed by atoms with van der Waals surface area (Å²) in [6, 6.07) is 5.84. The Balaban J connectivity index is 2.21. The Kier molecular flexibility index (Phi) is 3.72. The van der Waals surface area contributed by atoms with Crippen LogP contribution in [0.4, 0.5) is 5.69 Å². The molecule has 1 aliphatic rings. The quantitative estimate of drug-likeness (QED) is 0.868. The zero-order valence-corrected chi connectivity index (χ0v) is 11.5. The standard InChI is InChI=1S/C13H17BrN2O/c1-2-5-16(12-3-4-12)13(17)9-6-10(14)8-11(15)7-9/h6-8,12H,2-5,15H2,1H3. The highest BCUT2D eigenvalue weighted by molar-refractivity contribution is 9.10. The van der Waals surface area contributed by atoms with Crippen molar-refractivity contribution in [1.29, 1.82) is 0 Å². The Labute approximate surface area is 110 Å². The van der Waals surface area contributed by atoms with Crippen LogP contribution in [0.1, 0.15) is 36.5 Å². The molecule has 1 amide bonds. The van der Waals surface area contributed by atoms with Crippen molar-refractivity contribution in [3.63, 3.8) is 0 Å². The lowest BCUT2D eigenvalue weighted by Gasteiger charge is -2.22. The molecule has 1 aliphatic carbocycles. The third-order valence-electron chi connectivity index (χ3n) is 2.88. The van der Waals surface area contributed by atoms with E-state index in [1.807, 2.05) is 11.0 Å². The number of rotatable bonds is 4. The lowest BCUT2D eigenvalue weighted by molar-refractivity contribution is 0.0743. The number of amides is 1. The van der Waals surface area contributed by atoms with Gasteiger partial charge >= 0.3 is 0 Å². The number of nitrogen functional groups attached to an aromatic ring is 1. The largest absolute Gasteiger partial charge is 0.399 e. The van der Waals surface area contributed by atoms with E-state index in [1.165, 1.54) is 0 Å². The van der Waals surface area contributed by atoms with Gasteiger partial charge in [-0.2, -0.15) is 0 Å². The van der Waals surface area contributed by atoms with Crippen LogP contribution < -0.4 is 5.73 Å². The fourth-order valence-corrected chi connectivity index (χ4v) is 2.49. The third kappa shape index (κ3) is 3.00. The Morgan fingerprint density at radius 1 is 1.47 bits per heavy atom. The highest BCUT2D eigenvalue weighted by Crippen LogP contribution is 2.29. The van der Waals surface area contributed by atoms with Gasteiger partial charge in [0.2, 0.25) is 0 Å². The van der Waals surface area contributed by atoms with Crippen molar-refractivity contribution in [2.24, 2.45) is 0 Å². The molecule has 0 heterocycles. The van der Waals surface area contributed by atoms with Crippen molar-refractivity contribution >= 4 is 27.5 Å². The zero-order valence-electron chi connectivity index (χ0n) is 9.95. The van der Waals surface area contributed by atoms with Crippen LogP contribution in [0.25, 0.3) is 0 Å². The van der Waals surface area contributed by atoms with Crippen molar-refractivity contribution in [2.75, 3.05) is 12.3 Å². The van der Waals surface area contributed by atoms with Gasteiger partial charge in [0.05, 0.1) is 0 Å². The summed E-state index contributed by atoms with van der Waals surface area (Å²) in [5.41, 5.74) is 7.06. The summed E-state index contributed by atoms with van der Waals surface area (Å²) >= 11 is 3.37. The average molecular weight is 297 g/mol. The smallest absolute Gasteiger partial charge is 0.254 e. The number of carbonyl (C=O) groups is 1. The molecule has 0 bridgehead atoms. The Bertz CT molecular complexity index is 409. The molecule has 0 radical (unpaired) electrons. The Morgan fingerprint density at radius 3 is 2.71 bits per heavy atom. The second-order valence-electron chi connectivity index (χ2n) is 4.50. The molecular weight excluding hydrogens is 280 g/mol. The van der Waals surface area contributed by atoms with Crippen LogP contribution >= 0.6 is 15.9 Å². The Hall–Kier alpha value is -1.03. The molecule has 17 heavy (non-hydrogen) atoms. The van der Waals surface area contributed by atoms with Gasteiger partial charge in [-0.1, -0.05) is 22.9 Å². The summed E-state index contributed by atoms with van der Waals surface area (Å²) in [7, 11) is 0. The van der Waals surface area contributed by atoms with E-state index < -0.39 is 0 Å². The first-order valence-corrected chi connectivity index (χ1v) is 6.78. The minimum Gasteiger partial charge on any atom is -0.399 e. The van der Waals surface area contributed by atoms with Gasteiger partial charge in [-0.15, -0.1) is 0 Å². The molecule has 1 aromatic rings. The number of nitrogens with zero attached hydrogens (tertiary/aromatic N) is 1. The summed E-state index contributed by atoms with van der Waals surface area (Å²) in [6.07, 6.45) is 3.26.